The van der Waals surface area contributed by atoms with Crippen LogP contribution in [-0.2, 0) is 47.4 Å². The zero-order valence-electron chi connectivity index (χ0n) is 31.6. The second-order valence-electron chi connectivity index (χ2n) is 12.3. The maximum atomic E-state index is 10.9. The Labute approximate surface area is 300 Å². The minimum Gasteiger partial charge on any atom is -0.463 e. The van der Waals surface area contributed by atoms with Gasteiger partial charge in [-0.1, -0.05) is 19.9 Å². The van der Waals surface area contributed by atoms with Crippen LogP contribution >= 0.6 is 0 Å². The van der Waals surface area contributed by atoms with Crippen molar-refractivity contribution in [1.29, 1.82) is 0 Å². The third-order valence-corrected chi connectivity index (χ3v) is 7.53. The van der Waals surface area contributed by atoms with Crippen molar-refractivity contribution in [1.82, 2.24) is 0 Å². The van der Waals surface area contributed by atoms with Crippen molar-refractivity contribution in [2.24, 2.45) is 0 Å². The Bertz CT molecular complexity index is 637. The summed E-state index contributed by atoms with van der Waals surface area (Å²) >= 11 is 0. The molecule has 0 atom stereocenters. The van der Waals surface area contributed by atoms with Crippen molar-refractivity contribution >= 4 is 5.97 Å². The molecule has 0 heterocycles. The molecule has 0 aliphatic heterocycles. The van der Waals surface area contributed by atoms with Crippen LogP contribution in [-0.4, -0.2) is 118 Å². The van der Waals surface area contributed by atoms with Crippen molar-refractivity contribution in [2.45, 2.75) is 122 Å². The van der Waals surface area contributed by atoms with Gasteiger partial charge < -0.3 is 42.6 Å². The van der Waals surface area contributed by atoms with Crippen LogP contribution in [0.4, 0.5) is 0 Å². The molecule has 10 nitrogen and oxygen atoms in total. The average Bonchev–Trinajstić information content (AvgIpc) is 3.11. The molecule has 0 spiro atoms. The van der Waals surface area contributed by atoms with E-state index in [0.717, 1.165) is 208 Å². The van der Waals surface area contributed by atoms with Crippen molar-refractivity contribution in [3.05, 3.63) is 12.7 Å². The smallest absolute Gasteiger partial charge is 0.330 e. The Kier molecular flexibility index (Phi) is 43.9. The molecule has 0 rings (SSSR count). The topological polar surface area (TPSA) is 100 Å². The minimum absolute atomic E-state index is 0.368. The second-order valence-corrected chi connectivity index (χ2v) is 12.3. The SMILES string of the molecule is C=CC(=O)OCCCCOCCCCOCCCCOCCCCOCCCCOCCCCOCCCCOCCCCOCCCC. The molecular formula is C39H76O10. The molecule has 292 valence electrons. The number of unbranched alkanes of at least 4 members (excludes halogenated alkanes) is 9. The number of rotatable bonds is 44. The lowest BCUT2D eigenvalue weighted by Crippen LogP contribution is -2.05. The van der Waals surface area contributed by atoms with E-state index in [-0.39, 0.29) is 5.97 Å². The lowest BCUT2D eigenvalue weighted by molar-refractivity contribution is -0.137. The van der Waals surface area contributed by atoms with Crippen LogP contribution in [0.15, 0.2) is 12.7 Å². The van der Waals surface area contributed by atoms with E-state index in [1.807, 2.05) is 0 Å². The van der Waals surface area contributed by atoms with Gasteiger partial charge in [0.2, 0.25) is 0 Å². The summed E-state index contributed by atoms with van der Waals surface area (Å²) in [5.74, 6) is -0.368. The molecule has 0 saturated carbocycles. The quantitative estimate of drug-likeness (QED) is 0.0354. The fourth-order valence-electron chi connectivity index (χ4n) is 4.46. The first-order chi connectivity index (χ1) is 24.3. The fraction of sp³-hybridized carbons (Fsp3) is 0.923. The zero-order chi connectivity index (χ0) is 35.4. The van der Waals surface area contributed by atoms with E-state index >= 15 is 0 Å². The molecule has 0 N–H and O–H groups in total. The van der Waals surface area contributed by atoms with Crippen molar-refractivity contribution in [2.75, 3.05) is 112 Å². The molecule has 0 bridgehead atoms. The molecule has 0 unspecified atom stereocenters. The van der Waals surface area contributed by atoms with E-state index in [1.54, 1.807) is 0 Å². The minimum atomic E-state index is -0.368. The Morgan fingerprint density at radius 2 is 0.531 bits per heavy atom. The first kappa shape index (κ1) is 47.9. The van der Waals surface area contributed by atoms with Gasteiger partial charge in [-0.25, -0.2) is 4.79 Å². The lowest BCUT2D eigenvalue weighted by Gasteiger charge is -2.08. The van der Waals surface area contributed by atoms with Gasteiger partial charge in [0.25, 0.3) is 0 Å². The van der Waals surface area contributed by atoms with Gasteiger partial charge >= 0.3 is 5.97 Å². The summed E-state index contributed by atoms with van der Waals surface area (Å²) < 4.78 is 50.4. The number of hydrogen-bond acceptors (Lipinski definition) is 10. The molecule has 0 aromatic heterocycles. The molecule has 0 aromatic rings. The van der Waals surface area contributed by atoms with E-state index < -0.39 is 0 Å². The Balaban J connectivity index is 3.05. The van der Waals surface area contributed by atoms with Gasteiger partial charge in [0.15, 0.2) is 0 Å². The standard InChI is InChI=1S/C39H76O10/c1-3-5-22-41-23-6-7-24-42-25-8-9-26-43-27-10-11-28-44-29-12-13-30-45-31-14-15-32-46-33-16-17-34-47-35-18-19-36-48-37-20-21-38-49-39(40)4-2/h4H,2-3,5-38H2,1H3. The number of carbonyl (C=O) groups is 1. The lowest BCUT2D eigenvalue weighted by atomic mass is 10.3. The van der Waals surface area contributed by atoms with Crippen molar-refractivity contribution in [3.63, 3.8) is 0 Å². The van der Waals surface area contributed by atoms with Gasteiger partial charge in [-0.2, -0.15) is 0 Å². The molecular weight excluding hydrogens is 628 g/mol. The molecule has 0 fully saturated rings. The highest BCUT2D eigenvalue weighted by atomic mass is 16.5. The van der Waals surface area contributed by atoms with E-state index in [9.17, 15) is 4.79 Å². The summed E-state index contributed by atoms with van der Waals surface area (Å²) in [7, 11) is 0. The van der Waals surface area contributed by atoms with E-state index in [1.165, 1.54) is 12.5 Å². The van der Waals surface area contributed by atoms with Crippen LogP contribution < -0.4 is 0 Å². The van der Waals surface area contributed by atoms with Gasteiger partial charge in [-0.15, -0.1) is 0 Å². The summed E-state index contributed by atoms with van der Waals surface area (Å²) in [6, 6.07) is 0. The predicted octanol–water partition coefficient (Wildman–Crippen LogP) is 7.89. The summed E-state index contributed by atoms with van der Waals surface area (Å²) in [6.07, 6.45) is 19.9. The molecule has 0 aliphatic carbocycles. The largest absolute Gasteiger partial charge is 0.463 e. The van der Waals surface area contributed by atoms with Gasteiger partial charge in [-0.05, 0) is 109 Å². The summed E-state index contributed by atoms with van der Waals surface area (Å²) in [5.41, 5.74) is 0. The van der Waals surface area contributed by atoms with E-state index in [0.29, 0.717) is 13.2 Å². The van der Waals surface area contributed by atoms with Crippen LogP contribution in [0.2, 0.25) is 0 Å². The third kappa shape index (κ3) is 44.9. The summed E-state index contributed by atoms with van der Waals surface area (Å²) in [5, 5.41) is 0. The summed E-state index contributed by atoms with van der Waals surface area (Å²) in [6.45, 7) is 18.9. The maximum Gasteiger partial charge on any atom is 0.330 e. The van der Waals surface area contributed by atoms with Crippen LogP contribution in [0.3, 0.4) is 0 Å². The van der Waals surface area contributed by atoms with Gasteiger partial charge in [-0.3, -0.25) is 0 Å². The predicted molar refractivity (Wildman–Crippen MR) is 196 cm³/mol. The number of esters is 1. The number of hydrogen-bond donors (Lipinski definition) is 0. The van der Waals surface area contributed by atoms with Gasteiger partial charge in [0.1, 0.15) is 0 Å². The number of ether oxygens (including phenoxy) is 9. The first-order valence-electron chi connectivity index (χ1n) is 19.7. The number of carbonyl (C=O) groups excluding carboxylic acids is 1. The van der Waals surface area contributed by atoms with Crippen molar-refractivity contribution in [3.8, 4) is 0 Å². The van der Waals surface area contributed by atoms with Crippen LogP contribution in [0.25, 0.3) is 0 Å². The molecule has 0 aromatic carbocycles. The molecule has 0 radical (unpaired) electrons. The highest BCUT2D eigenvalue weighted by Gasteiger charge is 1.98. The van der Waals surface area contributed by atoms with Crippen LogP contribution in [0.1, 0.15) is 122 Å². The highest BCUT2D eigenvalue weighted by molar-refractivity contribution is 5.81. The van der Waals surface area contributed by atoms with Crippen LogP contribution in [0.5, 0.6) is 0 Å². The molecule has 10 heteroatoms. The van der Waals surface area contributed by atoms with Crippen LogP contribution in [0, 0.1) is 0 Å². The van der Waals surface area contributed by atoms with Gasteiger partial charge in [0, 0.05) is 112 Å². The second kappa shape index (κ2) is 44.9. The first-order valence-corrected chi connectivity index (χ1v) is 19.7. The molecule has 0 amide bonds. The van der Waals surface area contributed by atoms with E-state index in [2.05, 4.69) is 13.5 Å². The van der Waals surface area contributed by atoms with Crippen molar-refractivity contribution < 1.29 is 47.4 Å². The molecule has 0 aliphatic rings. The monoisotopic (exact) mass is 705 g/mol. The average molecular weight is 705 g/mol. The highest BCUT2D eigenvalue weighted by Crippen LogP contribution is 2.01. The molecule has 0 saturated heterocycles. The fourth-order valence-corrected chi connectivity index (χ4v) is 4.46. The maximum absolute atomic E-state index is 10.9. The zero-order valence-corrected chi connectivity index (χ0v) is 31.6. The summed E-state index contributed by atoms with van der Waals surface area (Å²) in [4.78, 5) is 10.9. The molecule has 49 heavy (non-hydrogen) atoms. The Morgan fingerprint density at radius 1 is 0.347 bits per heavy atom. The van der Waals surface area contributed by atoms with Gasteiger partial charge in [0.05, 0.1) is 6.61 Å². The van der Waals surface area contributed by atoms with E-state index in [4.69, 9.17) is 42.6 Å². The normalized spacial score (nSPS) is 11.4. The Morgan fingerprint density at radius 3 is 0.714 bits per heavy atom. The third-order valence-electron chi connectivity index (χ3n) is 7.53. The Hall–Kier alpha value is -1.11.